The topological polar surface area (TPSA) is 71.0 Å². The van der Waals surface area contributed by atoms with Gasteiger partial charge in [0.25, 0.3) is 5.91 Å². The van der Waals surface area contributed by atoms with E-state index < -0.39 is 0 Å². The van der Waals surface area contributed by atoms with Crippen LogP contribution >= 0.6 is 11.6 Å². The second-order valence-electron chi connectivity index (χ2n) is 6.44. The average molecular weight is 369 g/mol. The molecule has 0 bridgehead atoms. The molecule has 1 aromatic rings. The molecule has 138 valence electrons. The summed E-state index contributed by atoms with van der Waals surface area (Å²) in [6.45, 7) is 3.24. The Morgan fingerprint density at radius 1 is 1.40 bits per heavy atom. The van der Waals surface area contributed by atoms with E-state index in [9.17, 15) is 4.79 Å². The van der Waals surface area contributed by atoms with Crippen molar-refractivity contribution in [3.05, 3.63) is 28.8 Å². The number of amides is 1. The Morgan fingerprint density at radius 3 is 2.92 bits per heavy atom. The van der Waals surface area contributed by atoms with E-state index in [2.05, 4.69) is 10.2 Å². The largest absolute Gasteiger partial charge is 0.394 e. The Kier molecular flexibility index (Phi) is 6.53. The number of hydrogen-bond donors (Lipinski definition) is 2. The summed E-state index contributed by atoms with van der Waals surface area (Å²) in [7, 11) is 0. The molecule has 2 atom stereocenters. The van der Waals surface area contributed by atoms with Gasteiger partial charge in [-0.1, -0.05) is 11.6 Å². The van der Waals surface area contributed by atoms with E-state index in [-0.39, 0.29) is 31.3 Å². The molecule has 2 heterocycles. The molecule has 0 spiro atoms. The number of aliphatic hydroxyl groups is 1. The van der Waals surface area contributed by atoms with Crippen molar-refractivity contribution in [1.29, 1.82) is 0 Å². The third kappa shape index (κ3) is 4.64. The molecule has 2 N–H and O–H groups in total. The van der Waals surface area contributed by atoms with Crippen LogP contribution in [0.2, 0.25) is 5.02 Å². The Hall–Kier alpha value is -1.34. The molecular weight excluding hydrogens is 344 g/mol. The molecule has 0 aromatic heterocycles. The predicted molar refractivity (Wildman–Crippen MR) is 96.4 cm³/mol. The zero-order valence-corrected chi connectivity index (χ0v) is 15.0. The number of hydrogen-bond acceptors (Lipinski definition) is 5. The average Bonchev–Trinajstić information content (AvgIpc) is 3.15. The SMILES string of the molecule is O=C(N[C@@H]1COCC[C@@H]1OCCO)c1ccc(N2CCCC2)c(Cl)c1. The number of ether oxygens (including phenoxy) is 2. The van der Waals surface area contributed by atoms with Gasteiger partial charge < -0.3 is 24.8 Å². The van der Waals surface area contributed by atoms with Gasteiger partial charge in [-0.25, -0.2) is 0 Å². The summed E-state index contributed by atoms with van der Waals surface area (Å²) in [6, 6.07) is 5.21. The van der Waals surface area contributed by atoms with Gasteiger partial charge in [0.05, 0.1) is 42.7 Å². The lowest BCUT2D eigenvalue weighted by Crippen LogP contribution is -2.50. The standard InChI is InChI=1S/C18H25ClN2O4/c19-14-11-13(3-4-16(14)21-6-1-2-7-21)18(23)20-15-12-24-9-5-17(15)25-10-8-22/h3-4,11,15,17,22H,1-2,5-10,12H2,(H,20,23)/t15-,17+/m1/s1. The maximum Gasteiger partial charge on any atom is 0.251 e. The smallest absolute Gasteiger partial charge is 0.251 e. The predicted octanol–water partition coefficient (Wildman–Crippen LogP) is 1.84. The monoisotopic (exact) mass is 368 g/mol. The summed E-state index contributed by atoms with van der Waals surface area (Å²) < 4.78 is 11.1. The molecule has 2 aliphatic heterocycles. The highest BCUT2D eigenvalue weighted by atomic mass is 35.5. The van der Waals surface area contributed by atoms with Crippen molar-refractivity contribution in [3.8, 4) is 0 Å². The van der Waals surface area contributed by atoms with Gasteiger partial charge in [-0.05, 0) is 37.5 Å². The van der Waals surface area contributed by atoms with Gasteiger partial charge >= 0.3 is 0 Å². The van der Waals surface area contributed by atoms with E-state index in [1.54, 1.807) is 6.07 Å². The minimum Gasteiger partial charge on any atom is -0.394 e. The lowest BCUT2D eigenvalue weighted by Gasteiger charge is -2.32. The minimum atomic E-state index is -0.232. The molecule has 1 aromatic carbocycles. The van der Waals surface area contributed by atoms with E-state index in [1.807, 2.05) is 12.1 Å². The normalized spacial score (nSPS) is 23.7. The van der Waals surface area contributed by atoms with Crippen LogP contribution in [0, 0.1) is 0 Å². The highest BCUT2D eigenvalue weighted by Crippen LogP contribution is 2.29. The molecular formula is C18H25ClN2O4. The van der Waals surface area contributed by atoms with Crippen LogP contribution in [0.4, 0.5) is 5.69 Å². The van der Waals surface area contributed by atoms with Crippen LogP contribution in [-0.2, 0) is 9.47 Å². The molecule has 3 rings (SSSR count). The van der Waals surface area contributed by atoms with E-state index >= 15 is 0 Å². The Bertz CT molecular complexity index is 592. The molecule has 1 amide bonds. The van der Waals surface area contributed by atoms with Crippen LogP contribution in [0.1, 0.15) is 29.6 Å². The number of nitrogens with one attached hydrogen (secondary N) is 1. The number of nitrogens with zero attached hydrogens (tertiary/aromatic N) is 1. The fraction of sp³-hybridized carbons (Fsp3) is 0.611. The molecule has 25 heavy (non-hydrogen) atoms. The molecule has 2 aliphatic rings. The van der Waals surface area contributed by atoms with Crippen molar-refractivity contribution in [2.24, 2.45) is 0 Å². The maximum absolute atomic E-state index is 12.6. The number of halogens is 1. The summed E-state index contributed by atoms with van der Waals surface area (Å²) in [5, 5.41) is 12.5. The zero-order chi connectivity index (χ0) is 17.6. The zero-order valence-electron chi connectivity index (χ0n) is 14.2. The maximum atomic E-state index is 12.6. The number of anilines is 1. The van der Waals surface area contributed by atoms with E-state index in [0.29, 0.717) is 30.2 Å². The van der Waals surface area contributed by atoms with Crippen LogP contribution in [0.3, 0.4) is 0 Å². The summed E-state index contributed by atoms with van der Waals surface area (Å²) in [5.41, 5.74) is 1.51. The Balaban J connectivity index is 1.64. The first-order valence-electron chi connectivity index (χ1n) is 8.84. The quantitative estimate of drug-likeness (QED) is 0.801. The minimum absolute atomic E-state index is 0.0361. The molecule has 0 radical (unpaired) electrons. The second-order valence-corrected chi connectivity index (χ2v) is 6.84. The highest BCUT2D eigenvalue weighted by molar-refractivity contribution is 6.33. The van der Waals surface area contributed by atoms with Crippen molar-refractivity contribution in [2.75, 3.05) is 44.4 Å². The summed E-state index contributed by atoms with van der Waals surface area (Å²) in [6.07, 6.45) is 2.90. The van der Waals surface area contributed by atoms with E-state index in [4.69, 9.17) is 26.2 Å². The van der Waals surface area contributed by atoms with Crippen LogP contribution in [-0.4, -0.2) is 62.7 Å². The van der Waals surface area contributed by atoms with Crippen LogP contribution in [0.15, 0.2) is 18.2 Å². The van der Waals surface area contributed by atoms with Crippen molar-refractivity contribution < 1.29 is 19.4 Å². The van der Waals surface area contributed by atoms with Gasteiger partial charge in [0.1, 0.15) is 0 Å². The van der Waals surface area contributed by atoms with Crippen molar-refractivity contribution >= 4 is 23.2 Å². The second kappa shape index (κ2) is 8.85. The number of carbonyl (C=O) groups is 1. The van der Waals surface area contributed by atoms with E-state index in [1.165, 1.54) is 12.8 Å². The number of rotatable bonds is 6. The molecule has 2 saturated heterocycles. The Labute approximate surface area is 153 Å². The van der Waals surface area contributed by atoms with Crippen LogP contribution in [0.25, 0.3) is 0 Å². The molecule has 0 aliphatic carbocycles. The van der Waals surface area contributed by atoms with Gasteiger partial charge in [0.2, 0.25) is 0 Å². The molecule has 0 unspecified atom stereocenters. The summed E-state index contributed by atoms with van der Waals surface area (Å²) in [4.78, 5) is 14.8. The van der Waals surface area contributed by atoms with Gasteiger partial charge in [-0.15, -0.1) is 0 Å². The Morgan fingerprint density at radius 2 is 2.20 bits per heavy atom. The first-order valence-corrected chi connectivity index (χ1v) is 9.22. The van der Waals surface area contributed by atoms with Gasteiger partial charge in [-0.2, -0.15) is 0 Å². The third-order valence-corrected chi connectivity index (χ3v) is 4.99. The van der Waals surface area contributed by atoms with Crippen LogP contribution < -0.4 is 10.2 Å². The number of carbonyl (C=O) groups excluding carboxylic acids is 1. The molecule has 0 saturated carbocycles. The van der Waals surface area contributed by atoms with Gasteiger partial charge in [0.15, 0.2) is 0 Å². The molecule has 2 fully saturated rings. The van der Waals surface area contributed by atoms with Crippen molar-refractivity contribution in [1.82, 2.24) is 5.32 Å². The lowest BCUT2D eigenvalue weighted by atomic mass is 10.1. The first kappa shape index (κ1) is 18.5. The molecule has 7 heteroatoms. The van der Waals surface area contributed by atoms with Gasteiger partial charge in [0, 0.05) is 25.3 Å². The summed E-state index contributed by atoms with van der Waals surface area (Å²) >= 11 is 6.39. The highest BCUT2D eigenvalue weighted by Gasteiger charge is 2.28. The van der Waals surface area contributed by atoms with Crippen LogP contribution in [0.5, 0.6) is 0 Å². The van der Waals surface area contributed by atoms with E-state index in [0.717, 1.165) is 18.8 Å². The summed E-state index contributed by atoms with van der Waals surface area (Å²) in [5.74, 6) is -0.192. The fourth-order valence-electron chi connectivity index (χ4n) is 3.37. The third-order valence-electron chi connectivity index (χ3n) is 4.69. The van der Waals surface area contributed by atoms with Crippen molar-refractivity contribution in [3.63, 3.8) is 0 Å². The number of benzene rings is 1. The van der Waals surface area contributed by atoms with Gasteiger partial charge in [-0.3, -0.25) is 4.79 Å². The first-order chi connectivity index (χ1) is 12.2. The molecule has 6 nitrogen and oxygen atoms in total. The fourth-order valence-corrected chi connectivity index (χ4v) is 3.67. The number of aliphatic hydroxyl groups excluding tert-OH is 1. The van der Waals surface area contributed by atoms with Crippen molar-refractivity contribution in [2.45, 2.75) is 31.4 Å². The lowest BCUT2D eigenvalue weighted by molar-refractivity contribution is -0.0612.